The number of hydrogen-bond donors (Lipinski definition) is 2. The van der Waals surface area contributed by atoms with E-state index in [0.29, 0.717) is 0 Å². The molecule has 0 aliphatic heterocycles. The van der Waals surface area contributed by atoms with Gasteiger partial charge in [0.15, 0.2) is 0 Å². The normalized spacial score (nSPS) is 2.40. The van der Waals surface area contributed by atoms with Crippen LogP contribution in [0, 0.1) is 0 Å². The summed E-state index contributed by atoms with van der Waals surface area (Å²) in [6.45, 7) is -0.250. The van der Waals surface area contributed by atoms with E-state index in [2.05, 4.69) is 0 Å². The van der Waals surface area contributed by atoms with Gasteiger partial charge in [-0.25, -0.2) is 0 Å². The van der Waals surface area contributed by atoms with E-state index in [1.54, 1.807) is 0 Å². The first-order valence-electron chi connectivity index (χ1n) is 0.494. The van der Waals surface area contributed by atoms with Crippen LogP contribution in [0.1, 0.15) is 0 Å². The Morgan fingerprint density at radius 2 is 1.60 bits per heavy atom. The zero-order chi connectivity index (χ0) is 2.71. The number of hydrogen-bond acceptors (Lipinski definition) is 2. The van der Waals surface area contributed by atoms with Gasteiger partial charge in [0.25, 0.3) is 6.47 Å². The third kappa shape index (κ3) is 17.6. The predicted molar refractivity (Wildman–Crippen MR) is 15.8 cm³/mol. The fourth-order valence-corrected chi connectivity index (χ4v) is 0. The number of nitrogens with zero attached hydrogens (tertiary/aromatic N) is 1. The average Bonchev–Trinajstić information content (AvgIpc) is 0.918. The summed E-state index contributed by atoms with van der Waals surface area (Å²) in [5, 5.41) is 6.89. The van der Waals surface area contributed by atoms with Crippen molar-refractivity contribution in [1.29, 1.82) is 0 Å². The average molecular weight is 77.1 g/mol. The minimum Gasteiger partial charge on any atom is -0.483 e. The van der Waals surface area contributed by atoms with Crippen molar-refractivity contribution in [2.75, 3.05) is 0 Å². The lowest BCUT2D eigenvalue weighted by atomic mass is 11.7. The first-order chi connectivity index (χ1) is 1.41. The quantitative estimate of drug-likeness (QED) is 0.376. The molecule has 0 spiro atoms. The molecular weight excluding hydrogens is 72.0 g/mol. The minimum atomic E-state index is -0.250. The van der Waals surface area contributed by atoms with Crippen molar-refractivity contribution in [3.8, 4) is 0 Å². The van der Waals surface area contributed by atoms with Crippen molar-refractivity contribution in [2.45, 2.75) is 0 Å². The molecule has 0 aromatic rings. The van der Waals surface area contributed by atoms with Gasteiger partial charge in [-0.3, -0.25) is 4.79 Å². The summed E-state index contributed by atoms with van der Waals surface area (Å²) in [4.78, 5) is 8.36. The van der Waals surface area contributed by atoms with E-state index in [0.717, 1.165) is 0 Å². The first-order valence-corrected chi connectivity index (χ1v) is 0.494. The van der Waals surface area contributed by atoms with Gasteiger partial charge < -0.3 is 11.3 Å². The molecule has 4 heteroatoms. The molecule has 0 rings (SSSR count). The van der Waals surface area contributed by atoms with Crippen molar-refractivity contribution in [3.63, 3.8) is 0 Å². The van der Waals surface area contributed by atoms with Crippen LogP contribution in [0.15, 0.2) is 0 Å². The Morgan fingerprint density at radius 3 is 1.60 bits per heavy atom. The molecule has 0 fully saturated rings. The zero-order valence-corrected chi connectivity index (χ0v) is 2.59. The predicted octanol–water partition coefficient (Wildman–Crippen LogP) is -0.618. The van der Waals surface area contributed by atoms with Crippen LogP contribution in [0.3, 0.4) is 0 Å². The molecule has 0 bridgehead atoms. The van der Waals surface area contributed by atoms with Gasteiger partial charge in [0.1, 0.15) is 0 Å². The van der Waals surface area contributed by atoms with Crippen LogP contribution in [0.2, 0.25) is 0 Å². The van der Waals surface area contributed by atoms with Crippen LogP contribution in [-0.4, -0.2) is 11.6 Å². The van der Waals surface area contributed by atoms with Gasteiger partial charge in [-0.1, -0.05) is 0 Å². The highest BCUT2D eigenvalue weighted by Gasteiger charge is 1.22. The molecule has 0 aliphatic carbocycles. The molecule has 0 saturated carbocycles. The zero-order valence-electron chi connectivity index (χ0n) is 2.59. The van der Waals surface area contributed by atoms with E-state index in [9.17, 15) is 0 Å². The molecule has 0 saturated heterocycles. The molecule has 0 aromatic heterocycles. The molecule has 0 heterocycles. The van der Waals surface area contributed by atoms with Crippen LogP contribution in [0.5, 0.6) is 0 Å². The summed E-state index contributed by atoms with van der Waals surface area (Å²) in [7, 11) is 0. The van der Waals surface area contributed by atoms with Gasteiger partial charge in [0.2, 0.25) is 0 Å². The van der Waals surface area contributed by atoms with Crippen LogP contribution >= 0.6 is 0 Å². The topological polar surface area (TPSA) is 103 Å². The highest BCUT2D eigenvalue weighted by molar-refractivity contribution is 5.32. The summed E-state index contributed by atoms with van der Waals surface area (Å²) in [6.07, 6.45) is 0. The highest BCUT2D eigenvalue weighted by Crippen LogP contribution is 0.966. The Kier molecular flexibility index (Phi) is 665. The summed E-state index contributed by atoms with van der Waals surface area (Å²) >= 11 is 0. The molecule has 5 heavy (non-hydrogen) atoms. The molecular formula is CH5N2O2. The lowest BCUT2D eigenvalue weighted by Gasteiger charge is -1.34. The smallest absolute Gasteiger partial charge is 0.290 e. The van der Waals surface area contributed by atoms with Gasteiger partial charge in [-0.15, -0.1) is 0 Å². The third-order valence-corrected chi connectivity index (χ3v) is 0. The van der Waals surface area contributed by atoms with Gasteiger partial charge in [0, 0.05) is 6.15 Å². The maximum atomic E-state index is 8.36. The summed E-state index contributed by atoms with van der Waals surface area (Å²) in [6, 6.07) is 0. The Bertz CT molecular complexity index is 15.1. The van der Waals surface area contributed by atoms with Crippen LogP contribution in [0.25, 0.3) is 0 Å². The maximum absolute atomic E-state index is 8.36. The number of carbonyl (C=O) groups is 1. The molecule has 4 N–H and O–H groups in total. The molecule has 0 unspecified atom stereocenters. The molecule has 0 aromatic carbocycles. The van der Waals surface area contributed by atoms with E-state index >= 15 is 0 Å². The minimum absolute atomic E-state index is 0. The van der Waals surface area contributed by atoms with E-state index in [4.69, 9.17) is 9.90 Å². The van der Waals surface area contributed by atoms with Crippen molar-refractivity contribution >= 4 is 6.47 Å². The molecule has 0 aliphatic rings. The lowest BCUT2D eigenvalue weighted by molar-refractivity contribution is -0.122. The Balaban J connectivity index is -0.0000000200. The molecule has 0 amide bonds. The van der Waals surface area contributed by atoms with Crippen molar-refractivity contribution in [2.24, 2.45) is 0 Å². The van der Waals surface area contributed by atoms with Gasteiger partial charge in [-0.05, 0) is 0 Å². The largest absolute Gasteiger partial charge is 0.483 e. The Hall–Kier alpha value is -0.610. The monoisotopic (exact) mass is 77.0 g/mol. The second-order valence-corrected chi connectivity index (χ2v) is 0.105. The fraction of sp³-hybridized carbons (Fsp3) is 0. The first kappa shape index (κ1) is 26.1. The summed E-state index contributed by atoms with van der Waals surface area (Å²) in [5.41, 5.74) is 0. The number of carboxylic acid groups (broad SMARTS) is 1. The van der Waals surface area contributed by atoms with Crippen molar-refractivity contribution in [3.05, 3.63) is 0 Å². The summed E-state index contributed by atoms with van der Waals surface area (Å²) < 4.78 is 0. The molecule has 4 nitrogen and oxygen atoms in total. The van der Waals surface area contributed by atoms with Crippen LogP contribution < -0.4 is 12.3 Å². The fourth-order valence-electron chi connectivity index (χ4n) is 0. The van der Waals surface area contributed by atoms with Crippen molar-refractivity contribution in [1.82, 2.24) is 12.3 Å². The highest BCUT2D eigenvalue weighted by atomic mass is 16.3. The van der Waals surface area contributed by atoms with E-state index in [-0.39, 0.29) is 18.8 Å². The van der Waals surface area contributed by atoms with Gasteiger partial charge in [-0.2, -0.15) is 0 Å². The van der Waals surface area contributed by atoms with Crippen LogP contribution in [0.4, 0.5) is 0 Å². The Morgan fingerprint density at radius 1 is 1.60 bits per heavy atom. The SMILES string of the molecule is N.O=CO.[N]. The van der Waals surface area contributed by atoms with Gasteiger partial charge in [0.05, 0.1) is 0 Å². The Labute approximate surface area is 30.0 Å². The standard InChI is InChI=1S/CH2O2.H3N.N/c2-1-3;;/h1H,(H,2,3);1H3;. The second kappa shape index (κ2) is 127. The van der Waals surface area contributed by atoms with E-state index in [1.807, 2.05) is 0 Å². The molecule has 0 atom stereocenters. The second-order valence-electron chi connectivity index (χ2n) is 0.105. The third-order valence-electron chi connectivity index (χ3n) is 0. The maximum Gasteiger partial charge on any atom is 0.290 e. The van der Waals surface area contributed by atoms with E-state index < -0.39 is 0 Å². The van der Waals surface area contributed by atoms with Crippen molar-refractivity contribution < 1.29 is 9.90 Å². The van der Waals surface area contributed by atoms with Crippen LogP contribution in [-0.2, 0) is 4.79 Å². The summed E-state index contributed by atoms with van der Waals surface area (Å²) in [5.74, 6) is 0. The molecule has 31 valence electrons. The van der Waals surface area contributed by atoms with Gasteiger partial charge >= 0.3 is 0 Å². The number of rotatable bonds is 0. The molecule has 3 radical (unpaired) electrons. The lowest BCUT2D eigenvalue weighted by Crippen LogP contribution is -1.49. The van der Waals surface area contributed by atoms with E-state index in [1.165, 1.54) is 0 Å².